The molecule has 1 amide bonds. The lowest BCUT2D eigenvalue weighted by atomic mass is 10.2. The molecule has 0 aliphatic carbocycles. The number of aromatic hydroxyl groups is 1. The summed E-state index contributed by atoms with van der Waals surface area (Å²) in [5, 5.41) is 12.7. The van der Waals surface area contributed by atoms with Crippen LogP contribution in [0.3, 0.4) is 0 Å². The summed E-state index contributed by atoms with van der Waals surface area (Å²) in [6.07, 6.45) is -3.65. The number of ether oxygens (including phenoxy) is 1. The fourth-order valence-electron chi connectivity index (χ4n) is 3.04. The molecule has 0 atom stereocenters. The maximum atomic E-state index is 13.4. The number of nitrogens with zero attached hydrogens (tertiary/aromatic N) is 2. The summed E-state index contributed by atoms with van der Waals surface area (Å²) in [6.45, 7) is -0.883. The van der Waals surface area contributed by atoms with Gasteiger partial charge in [0, 0.05) is 0 Å². The predicted octanol–water partition coefficient (Wildman–Crippen LogP) is 4.42. The largest absolute Gasteiger partial charge is 0.504 e. The van der Waals surface area contributed by atoms with Crippen molar-refractivity contribution >= 4 is 39.4 Å². The Bertz CT molecular complexity index is 1380. The zero-order valence-electron chi connectivity index (χ0n) is 18.5. The molecule has 0 radical (unpaired) electrons. The number of anilines is 1. The smallest absolute Gasteiger partial charge is 0.417 e. The van der Waals surface area contributed by atoms with Crippen LogP contribution in [0.2, 0.25) is 5.02 Å². The van der Waals surface area contributed by atoms with Crippen LogP contribution in [-0.2, 0) is 21.0 Å². The van der Waals surface area contributed by atoms with Gasteiger partial charge in [0.05, 0.1) is 34.5 Å². The number of rotatable bonds is 8. The molecule has 13 heteroatoms. The first-order chi connectivity index (χ1) is 16.9. The van der Waals surface area contributed by atoms with E-state index < -0.39 is 44.9 Å². The van der Waals surface area contributed by atoms with E-state index in [1.807, 2.05) is 0 Å². The van der Waals surface area contributed by atoms with E-state index in [4.69, 9.17) is 16.3 Å². The van der Waals surface area contributed by atoms with Gasteiger partial charge in [-0.1, -0.05) is 29.8 Å². The van der Waals surface area contributed by atoms with E-state index in [1.165, 1.54) is 55.8 Å². The lowest BCUT2D eigenvalue weighted by Crippen LogP contribution is -2.39. The summed E-state index contributed by atoms with van der Waals surface area (Å²) < 4.78 is 72.3. The van der Waals surface area contributed by atoms with Crippen LogP contribution >= 0.6 is 11.6 Å². The second-order valence-corrected chi connectivity index (χ2v) is 9.48. The fourth-order valence-corrected chi connectivity index (χ4v) is 4.70. The van der Waals surface area contributed by atoms with Crippen molar-refractivity contribution in [1.82, 2.24) is 5.43 Å². The third-order valence-electron chi connectivity index (χ3n) is 4.77. The number of sulfonamides is 1. The van der Waals surface area contributed by atoms with E-state index in [1.54, 1.807) is 6.07 Å². The topological polar surface area (TPSA) is 108 Å². The highest BCUT2D eigenvalue weighted by atomic mass is 35.5. The highest BCUT2D eigenvalue weighted by molar-refractivity contribution is 7.92. The summed E-state index contributed by atoms with van der Waals surface area (Å²) in [4.78, 5) is 12.3. The average Bonchev–Trinajstić information content (AvgIpc) is 2.84. The molecule has 0 aromatic heterocycles. The van der Waals surface area contributed by atoms with Gasteiger partial charge in [-0.3, -0.25) is 9.10 Å². The Hall–Kier alpha value is -3.77. The molecule has 8 nitrogen and oxygen atoms in total. The number of amides is 1. The molecule has 2 N–H and O–H groups in total. The first-order valence-corrected chi connectivity index (χ1v) is 11.9. The number of hydrazone groups is 1. The number of methoxy groups -OCH3 is 1. The van der Waals surface area contributed by atoms with Crippen LogP contribution in [-0.4, -0.2) is 39.3 Å². The van der Waals surface area contributed by atoms with Crippen LogP contribution < -0.4 is 14.5 Å². The number of carbonyl (C=O) groups is 1. The summed E-state index contributed by atoms with van der Waals surface area (Å²) in [5.74, 6) is -0.879. The lowest BCUT2D eigenvalue weighted by Gasteiger charge is -2.24. The molecule has 3 aromatic rings. The first kappa shape index (κ1) is 26.8. The Labute approximate surface area is 209 Å². The maximum absolute atomic E-state index is 13.4. The Morgan fingerprint density at radius 1 is 1.14 bits per heavy atom. The van der Waals surface area contributed by atoms with E-state index in [2.05, 4.69) is 10.5 Å². The van der Waals surface area contributed by atoms with Crippen molar-refractivity contribution in [3.8, 4) is 11.5 Å². The standard InChI is InChI=1S/C23H19ClF3N3O5S/c1-35-21-11-15(7-10-20(21)31)13-28-29-22(32)14-30(36(33,34)17-5-3-2-4-6-17)16-8-9-19(24)18(12-16)23(25,26)27/h2-13,31H,14H2,1H3,(H,29,32)/b28-13-. The zero-order chi connectivity index (χ0) is 26.5. The molecule has 36 heavy (non-hydrogen) atoms. The molecule has 0 spiro atoms. The predicted molar refractivity (Wildman–Crippen MR) is 128 cm³/mol. The number of benzene rings is 3. The molecule has 3 rings (SSSR count). The summed E-state index contributed by atoms with van der Waals surface area (Å²) in [7, 11) is -3.10. The second kappa shape index (κ2) is 10.9. The Kier molecular flexibility index (Phi) is 8.10. The Morgan fingerprint density at radius 2 is 1.83 bits per heavy atom. The van der Waals surface area contributed by atoms with E-state index >= 15 is 0 Å². The number of carbonyl (C=O) groups excluding carboxylic acids is 1. The van der Waals surface area contributed by atoms with Gasteiger partial charge in [0.15, 0.2) is 11.5 Å². The van der Waals surface area contributed by atoms with E-state index in [9.17, 15) is 31.5 Å². The van der Waals surface area contributed by atoms with Crippen LogP contribution in [0.1, 0.15) is 11.1 Å². The summed E-state index contributed by atoms with van der Waals surface area (Å²) in [6, 6.07) is 13.7. The fraction of sp³-hybridized carbons (Fsp3) is 0.130. The normalized spacial score (nSPS) is 11.9. The number of nitrogens with one attached hydrogen (secondary N) is 1. The van der Waals surface area contributed by atoms with Gasteiger partial charge in [-0.25, -0.2) is 13.8 Å². The quantitative estimate of drug-likeness (QED) is 0.324. The number of hydrogen-bond acceptors (Lipinski definition) is 6. The van der Waals surface area contributed by atoms with Crippen LogP contribution in [0.25, 0.3) is 0 Å². The number of phenolic OH excluding ortho intramolecular Hbond substituents is 1. The van der Waals surface area contributed by atoms with Crippen LogP contribution in [0.4, 0.5) is 18.9 Å². The van der Waals surface area contributed by atoms with E-state index in [0.29, 0.717) is 15.9 Å². The van der Waals surface area contributed by atoms with Crippen molar-refractivity contribution < 1.29 is 36.2 Å². The summed E-state index contributed by atoms with van der Waals surface area (Å²) >= 11 is 5.67. The van der Waals surface area contributed by atoms with Crippen LogP contribution in [0.5, 0.6) is 11.5 Å². The zero-order valence-corrected chi connectivity index (χ0v) is 20.1. The van der Waals surface area contributed by atoms with Gasteiger partial charge in [-0.05, 0) is 54.1 Å². The van der Waals surface area contributed by atoms with Crippen molar-refractivity contribution in [2.45, 2.75) is 11.1 Å². The minimum Gasteiger partial charge on any atom is -0.504 e. The van der Waals surface area contributed by atoms with Gasteiger partial charge >= 0.3 is 6.18 Å². The van der Waals surface area contributed by atoms with Crippen molar-refractivity contribution in [3.05, 3.63) is 82.9 Å². The van der Waals surface area contributed by atoms with E-state index in [0.717, 1.165) is 12.1 Å². The third kappa shape index (κ3) is 6.26. The molecule has 0 saturated carbocycles. The molecule has 0 fully saturated rings. The van der Waals surface area contributed by atoms with Gasteiger partial charge in [0.25, 0.3) is 15.9 Å². The Balaban J connectivity index is 1.92. The first-order valence-electron chi connectivity index (χ1n) is 10.1. The van der Waals surface area contributed by atoms with Gasteiger partial charge in [-0.2, -0.15) is 18.3 Å². The van der Waals surface area contributed by atoms with Crippen molar-refractivity contribution in [2.24, 2.45) is 5.10 Å². The van der Waals surface area contributed by atoms with Crippen LogP contribution in [0.15, 0.2) is 76.7 Å². The molecule has 0 unspecified atom stereocenters. The number of halogens is 4. The van der Waals surface area contributed by atoms with Crippen molar-refractivity contribution in [1.29, 1.82) is 0 Å². The molecular weight excluding hydrogens is 523 g/mol. The number of phenols is 1. The second-order valence-electron chi connectivity index (χ2n) is 7.21. The monoisotopic (exact) mass is 541 g/mol. The van der Waals surface area contributed by atoms with E-state index in [-0.39, 0.29) is 16.4 Å². The van der Waals surface area contributed by atoms with Gasteiger partial charge in [0.2, 0.25) is 0 Å². The minimum absolute atomic E-state index is 0.110. The molecule has 0 aliphatic heterocycles. The van der Waals surface area contributed by atoms with Crippen LogP contribution in [0, 0.1) is 0 Å². The van der Waals surface area contributed by atoms with Crippen molar-refractivity contribution in [3.63, 3.8) is 0 Å². The molecule has 0 bridgehead atoms. The maximum Gasteiger partial charge on any atom is 0.417 e. The highest BCUT2D eigenvalue weighted by Crippen LogP contribution is 2.38. The Morgan fingerprint density at radius 3 is 2.47 bits per heavy atom. The molecule has 0 aliphatic rings. The molecule has 0 heterocycles. The van der Waals surface area contributed by atoms with Gasteiger partial charge in [-0.15, -0.1) is 0 Å². The lowest BCUT2D eigenvalue weighted by molar-refractivity contribution is -0.137. The number of alkyl halides is 3. The molecule has 190 valence electrons. The van der Waals surface area contributed by atoms with Crippen molar-refractivity contribution in [2.75, 3.05) is 18.0 Å². The SMILES string of the molecule is COc1cc(/C=N\NC(=O)CN(c2ccc(Cl)c(C(F)(F)F)c2)S(=O)(=O)c2ccccc2)ccc1O. The third-order valence-corrected chi connectivity index (χ3v) is 6.89. The van der Waals surface area contributed by atoms with Gasteiger partial charge < -0.3 is 9.84 Å². The minimum atomic E-state index is -4.85. The summed E-state index contributed by atoms with van der Waals surface area (Å²) in [5.41, 5.74) is 0.899. The molecule has 3 aromatic carbocycles. The average molecular weight is 542 g/mol. The number of hydrogen-bond donors (Lipinski definition) is 2. The molecule has 0 saturated heterocycles. The highest BCUT2D eigenvalue weighted by Gasteiger charge is 2.35. The molecular formula is C23H19ClF3N3O5S. The van der Waals surface area contributed by atoms with Gasteiger partial charge in [0.1, 0.15) is 6.54 Å².